The van der Waals surface area contributed by atoms with Gasteiger partial charge in [-0.05, 0) is 51.1 Å². The van der Waals surface area contributed by atoms with Crippen LogP contribution in [-0.2, 0) is 11.3 Å². The number of carboxylic acids is 1. The summed E-state index contributed by atoms with van der Waals surface area (Å²) in [4.78, 5) is 11.0. The number of aliphatic carboxylic acids is 1. The van der Waals surface area contributed by atoms with Crippen LogP contribution >= 0.6 is 15.9 Å². The Balaban J connectivity index is 1.87. The van der Waals surface area contributed by atoms with Crippen LogP contribution in [0.25, 0.3) is 11.3 Å². The average molecular weight is 366 g/mol. The molecule has 0 aliphatic rings. The number of hydrogen-bond donors (Lipinski definition) is 2. The van der Waals surface area contributed by atoms with E-state index in [2.05, 4.69) is 21.2 Å². The molecule has 118 valence electrons. The van der Waals surface area contributed by atoms with E-state index in [9.17, 15) is 4.79 Å². The molecule has 2 rings (SSSR count). The molecule has 0 saturated carbocycles. The molecule has 0 aliphatic heterocycles. The average Bonchev–Trinajstić information content (AvgIpc) is 2.92. The summed E-state index contributed by atoms with van der Waals surface area (Å²) in [5.74, 6) is 0.885. The fourth-order valence-electron chi connectivity index (χ4n) is 1.99. The van der Waals surface area contributed by atoms with Gasteiger partial charge in [-0.15, -0.1) is 0 Å². The van der Waals surface area contributed by atoms with Crippen LogP contribution in [0.5, 0.6) is 0 Å². The third kappa shape index (κ3) is 4.45. The van der Waals surface area contributed by atoms with Gasteiger partial charge < -0.3 is 14.8 Å². The number of benzene rings is 1. The Labute approximate surface area is 138 Å². The molecule has 0 saturated heterocycles. The molecule has 0 radical (unpaired) electrons. The summed E-state index contributed by atoms with van der Waals surface area (Å²) in [7, 11) is 0. The first-order valence-corrected chi connectivity index (χ1v) is 7.96. The highest BCUT2D eigenvalue weighted by molar-refractivity contribution is 9.10. The second kappa shape index (κ2) is 7.11. The van der Waals surface area contributed by atoms with Crippen LogP contribution in [0.4, 0.5) is 0 Å². The molecular weight excluding hydrogens is 346 g/mol. The van der Waals surface area contributed by atoms with Crippen LogP contribution in [0.3, 0.4) is 0 Å². The van der Waals surface area contributed by atoms with Crippen molar-refractivity contribution in [3.63, 3.8) is 0 Å². The zero-order chi connectivity index (χ0) is 16.2. The number of furan rings is 1. The Morgan fingerprint density at radius 3 is 2.77 bits per heavy atom. The van der Waals surface area contributed by atoms with Crippen molar-refractivity contribution < 1.29 is 14.3 Å². The lowest BCUT2D eigenvalue weighted by molar-refractivity contribution is -0.147. The number of nitrogens with one attached hydrogen (secondary N) is 1. The van der Waals surface area contributed by atoms with E-state index in [0.29, 0.717) is 19.5 Å². The smallest absolute Gasteiger partial charge is 0.309 e. The van der Waals surface area contributed by atoms with Crippen LogP contribution in [0.1, 0.15) is 26.0 Å². The largest absolute Gasteiger partial charge is 0.481 e. The normalized spacial score (nSPS) is 11.6. The maximum atomic E-state index is 11.0. The van der Waals surface area contributed by atoms with Crippen LogP contribution in [0, 0.1) is 5.41 Å². The van der Waals surface area contributed by atoms with E-state index in [1.54, 1.807) is 13.8 Å². The first-order valence-electron chi connectivity index (χ1n) is 7.17. The van der Waals surface area contributed by atoms with Gasteiger partial charge in [0.25, 0.3) is 0 Å². The fraction of sp³-hybridized carbons (Fsp3) is 0.353. The van der Waals surface area contributed by atoms with Gasteiger partial charge in [-0.2, -0.15) is 0 Å². The molecule has 2 aromatic rings. The number of halogens is 1. The quantitative estimate of drug-likeness (QED) is 0.718. The lowest BCUT2D eigenvalue weighted by Crippen LogP contribution is -2.28. The molecule has 4 nitrogen and oxygen atoms in total. The van der Waals surface area contributed by atoms with E-state index in [4.69, 9.17) is 9.52 Å². The summed E-state index contributed by atoms with van der Waals surface area (Å²) in [6.07, 6.45) is 0.571. The molecule has 1 aromatic heterocycles. The first kappa shape index (κ1) is 16.8. The molecule has 0 fully saturated rings. The van der Waals surface area contributed by atoms with Crippen molar-refractivity contribution in [3.8, 4) is 11.3 Å². The molecule has 2 N–H and O–H groups in total. The second-order valence-electron chi connectivity index (χ2n) is 5.89. The van der Waals surface area contributed by atoms with Gasteiger partial charge in [0.05, 0.1) is 12.0 Å². The Hall–Kier alpha value is -1.59. The van der Waals surface area contributed by atoms with Gasteiger partial charge in [-0.25, -0.2) is 0 Å². The van der Waals surface area contributed by atoms with Gasteiger partial charge in [-0.3, -0.25) is 4.79 Å². The highest BCUT2D eigenvalue weighted by Gasteiger charge is 2.26. The number of carboxylic acid groups (broad SMARTS) is 1. The Bertz CT molecular complexity index is 649. The van der Waals surface area contributed by atoms with Crippen molar-refractivity contribution in [1.82, 2.24) is 5.32 Å². The highest BCUT2D eigenvalue weighted by atomic mass is 79.9. The third-order valence-corrected chi connectivity index (χ3v) is 4.07. The van der Waals surface area contributed by atoms with Crippen molar-refractivity contribution in [1.29, 1.82) is 0 Å². The first-order chi connectivity index (χ1) is 10.4. The molecule has 1 heterocycles. The van der Waals surface area contributed by atoms with Crippen LogP contribution in [0.15, 0.2) is 45.3 Å². The Morgan fingerprint density at radius 1 is 1.32 bits per heavy atom. The number of rotatable bonds is 7. The van der Waals surface area contributed by atoms with E-state index < -0.39 is 11.4 Å². The monoisotopic (exact) mass is 365 g/mol. The maximum Gasteiger partial charge on any atom is 0.309 e. The van der Waals surface area contributed by atoms with E-state index in [1.165, 1.54) is 0 Å². The predicted octanol–water partition coefficient (Wildman–Crippen LogP) is 4.30. The van der Waals surface area contributed by atoms with Gasteiger partial charge >= 0.3 is 5.97 Å². The predicted molar refractivity (Wildman–Crippen MR) is 89.6 cm³/mol. The fourth-order valence-corrected chi connectivity index (χ4v) is 2.39. The van der Waals surface area contributed by atoms with E-state index >= 15 is 0 Å². The molecule has 0 unspecified atom stereocenters. The van der Waals surface area contributed by atoms with E-state index in [0.717, 1.165) is 21.6 Å². The SMILES string of the molecule is CC(C)(CCNCc1ccc(-c2cccc(Br)c2)o1)C(=O)O. The van der Waals surface area contributed by atoms with Gasteiger partial charge in [0.15, 0.2) is 0 Å². The molecule has 5 heteroatoms. The van der Waals surface area contributed by atoms with Gasteiger partial charge in [-0.1, -0.05) is 28.1 Å². The highest BCUT2D eigenvalue weighted by Crippen LogP contribution is 2.25. The van der Waals surface area contributed by atoms with Gasteiger partial charge in [0.2, 0.25) is 0 Å². The minimum Gasteiger partial charge on any atom is -0.481 e. The lowest BCUT2D eigenvalue weighted by Gasteiger charge is -2.18. The number of hydrogen-bond acceptors (Lipinski definition) is 3. The minimum atomic E-state index is -0.774. The molecular formula is C17H20BrNO3. The van der Waals surface area contributed by atoms with Crippen LogP contribution < -0.4 is 5.32 Å². The second-order valence-corrected chi connectivity index (χ2v) is 6.81. The summed E-state index contributed by atoms with van der Waals surface area (Å²) in [5.41, 5.74) is 0.310. The number of carbonyl (C=O) groups is 1. The van der Waals surface area contributed by atoms with Crippen molar-refractivity contribution in [3.05, 3.63) is 46.6 Å². The maximum absolute atomic E-state index is 11.0. The Kier molecular flexibility index (Phi) is 5.42. The summed E-state index contributed by atoms with van der Waals surface area (Å²) in [6.45, 7) is 4.68. The zero-order valence-corrected chi connectivity index (χ0v) is 14.3. The summed E-state index contributed by atoms with van der Waals surface area (Å²) < 4.78 is 6.82. The van der Waals surface area contributed by atoms with E-state index in [-0.39, 0.29) is 0 Å². The summed E-state index contributed by atoms with van der Waals surface area (Å²) in [5, 5.41) is 12.3. The molecule has 0 amide bonds. The molecule has 0 spiro atoms. The molecule has 0 aliphatic carbocycles. The van der Waals surface area contributed by atoms with Crippen LogP contribution in [-0.4, -0.2) is 17.6 Å². The van der Waals surface area contributed by atoms with Crippen LogP contribution in [0.2, 0.25) is 0 Å². The molecule has 1 aromatic carbocycles. The van der Waals surface area contributed by atoms with E-state index in [1.807, 2.05) is 36.4 Å². The molecule has 0 atom stereocenters. The third-order valence-electron chi connectivity index (χ3n) is 3.58. The summed E-state index contributed by atoms with van der Waals surface area (Å²) >= 11 is 3.45. The Morgan fingerprint density at radius 2 is 2.09 bits per heavy atom. The van der Waals surface area contributed by atoms with Crippen molar-refractivity contribution >= 4 is 21.9 Å². The molecule has 22 heavy (non-hydrogen) atoms. The van der Waals surface area contributed by atoms with Crippen molar-refractivity contribution in [2.45, 2.75) is 26.8 Å². The lowest BCUT2D eigenvalue weighted by atomic mass is 9.90. The van der Waals surface area contributed by atoms with Crippen molar-refractivity contribution in [2.24, 2.45) is 5.41 Å². The topological polar surface area (TPSA) is 62.5 Å². The summed E-state index contributed by atoms with van der Waals surface area (Å²) in [6, 6.07) is 11.8. The zero-order valence-electron chi connectivity index (χ0n) is 12.7. The van der Waals surface area contributed by atoms with Gasteiger partial charge in [0.1, 0.15) is 11.5 Å². The minimum absolute atomic E-state index is 0.571. The standard InChI is InChI=1S/C17H20BrNO3/c1-17(2,16(20)21)8-9-19-11-14-6-7-15(22-14)12-4-3-5-13(18)10-12/h3-7,10,19H,8-9,11H2,1-2H3,(H,20,21). The van der Waals surface area contributed by atoms with Crippen molar-refractivity contribution in [2.75, 3.05) is 6.54 Å². The molecule has 0 bridgehead atoms. The van der Waals surface area contributed by atoms with Gasteiger partial charge in [0, 0.05) is 10.0 Å².